The van der Waals surface area contributed by atoms with Crippen LogP contribution >= 0.6 is 15.9 Å². The lowest BCUT2D eigenvalue weighted by Gasteiger charge is -2.22. The van der Waals surface area contributed by atoms with Gasteiger partial charge in [-0.1, -0.05) is 22.0 Å². The van der Waals surface area contributed by atoms with Crippen LogP contribution in [0.2, 0.25) is 0 Å². The molecule has 19 heavy (non-hydrogen) atoms. The second-order valence-corrected chi connectivity index (χ2v) is 5.52. The molecular formula is C15H18BrN3. The van der Waals surface area contributed by atoms with Crippen LogP contribution in [0.4, 0.5) is 5.69 Å². The highest BCUT2D eigenvalue weighted by atomic mass is 79.9. The van der Waals surface area contributed by atoms with Gasteiger partial charge in [0.2, 0.25) is 0 Å². The Bertz CT molecular complexity index is 569. The van der Waals surface area contributed by atoms with Crippen LogP contribution in [0.3, 0.4) is 0 Å². The lowest BCUT2D eigenvalue weighted by molar-refractivity contribution is 0.865. The molecule has 3 nitrogen and oxygen atoms in total. The monoisotopic (exact) mass is 319 g/mol. The second kappa shape index (κ2) is 6.17. The first kappa shape index (κ1) is 14.0. The number of aromatic nitrogens is 1. The SMILES string of the molecule is Cc1cccc(CN(C)c2ccc(Br)cc2CN)n1. The van der Waals surface area contributed by atoms with Gasteiger partial charge in [-0.2, -0.15) is 0 Å². The number of hydrogen-bond acceptors (Lipinski definition) is 3. The first-order chi connectivity index (χ1) is 9.10. The van der Waals surface area contributed by atoms with Crippen LogP contribution in [0.1, 0.15) is 17.0 Å². The number of pyridine rings is 1. The van der Waals surface area contributed by atoms with Gasteiger partial charge in [0.15, 0.2) is 0 Å². The highest BCUT2D eigenvalue weighted by Gasteiger charge is 2.08. The molecule has 100 valence electrons. The molecule has 0 amide bonds. The third kappa shape index (κ3) is 3.55. The maximum atomic E-state index is 5.81. The molecule has 1 aromatic carbocycles. The van der Waals surface area contributed by atoms with Crippen molar-refractivity contribution >= 4 is 21.6 Å². The summed E-state index contributed by atoms with van der Waals surface area (Å²) in [6.45, 7) is 3.31. The van der Waals surface area contributed by atoms with Crippen LogP contribution in [0.5, 0.6) is 0 Å². The van der Waals surface area contributed by atoms with Crippen molar-refractivity contribution in [2.75, 3.05) is 11.9 Å². The van der Waals surface area contributed by atoms with Gasteiger partial charge < -0.3 is 10.6 Å². The maximum Gasteiger partial charge on any atom is 0.0600 e. The van der Waals surface area contributed by atoms with E-state index in [4.69, 9.17) is 5.73 Å². The third-order valence-corrected chi connectivity index (χ3v) is 3.51. The zero-order valence-corrected chi connectivity index (χ0v) is 12.8. The molecule has 1 heterocycles. The molecule has 0 saturated carbocycles. The molecular weight excluding hydrogens is 302 g/mol. The third-order valence-electron chi connectivity index (χ3n) is 3.02. The number of aryl methyl sites for hydroxylation is 1. The minimum absolute atomic E-state index is 0.528. The summed E-state index contributed by atoms with van der Waals surface area (Å²) in [4.78, 5) is 6.71. The molecule has 0 aliphatic heterocycles. The smallest absolute Gasteiger partial charge is 0.0600 e. The summed E-state index contributed by atoms with van der Waals surface area (Å²) < 4.78 is 1.05. The summed E-state index contributed by atoms with van der Waals surface area (Å²) in [6.07, 6.45) is 0. The molecule has 0 saturated heterocycles. The van der Waals surface area contributed by atoms with Crippen molar-refractivity contribution < 1.29 is 0 Å². The van der Waals surface area contributed by atoms with E-state index >= 15 is 0 Å². The predicted molar refractivity (Wildman–Crippen MR) is 83.1 cm³/mol. The van der Waals surface area contributed by atoms with Gasteiger partial charge in [-0.3, -0.25) is 4.98 Å². The molecule has 0 aliphatic carbocycles. The summed E-state index contributed by atoms with van der Waals surface area (Å²) in [5.41, 5.74) is 10.2. The molecule has 0 radical (unpaired) electrons. The molecule has 0 atom stereocenters. The Morgan fingerprint density at radius 1 is 1.26 bits per heavy atom. The Labute approximate surface area is 122 Å². The van der Waals surface area contributed by atoms with E-state index in [9.17, 15) is 0 Å². The van der Waals surface area contributed by atoms with E-state index in [1.165, 1.54) is 0 Å². The zero-order chi connectivity index (χ0) is 13.8. The Kier molecular flexibility index (Phi) is 4.56. The molecule has 1 aromatic heterocycles. The fraction of sp³-hybridized carbons (Fsp3) is 0.267. The van der Waals surface area contributed by atoms with Crippen molar-refractivity contribution in [3.63, 3.8) is 0 Å². The average molecular weight is 320 g/mol. The lowest BCUT2D eigenvalue weighted by atomic mass is 10.1. The Balaban J connectivity index is 2.22. The zero-order valence-electron chi connectivity index (χ0n) is 11.2. The van der Waals surface area contributed by atoms with E-state index in [1.54, 1.807) is 0 Å². The first-order valence-electron chi connectivity index (χ1n) is 6.22. The van der Waals surface area contributed by atoms with Crippen molar-refractivity contribution in [1.82, 2.24) is 4.98 Å². The number of rotatable bonds is 4. The predicted octanol–water partition coefficient (Wildman–Crippen LogP) is 3.25. The average Bonchev–Trinajstić information content (AvgIpc) is 2.38. The first-order valence-corrected chi connectivity index (χ1v) is 7.01. The summed E-state index contributed by atoms with van der Waals surface area (Å²) in [5.74, 6) is 0. The minimum atomic E-state index is 0.528. The van der Waals surface area contributed by atoms with Crippen molar-refractivity contribution in [3.05, 3.63) is 57.8 Å². The summed E-state index contributed by atoms with van der Waals surface area (Å²) in [5, 5.41) is 0. The normalized spacial score (nSPS) is 10.5. The number of nitrogens with zero attached hydrogens (tertiary/aromatic N) is 2. The molecule has 2 N–H and O–H groups in total. The molecule has 0 fully saturated rings. The Morgan fingerprint density at radius 2 is 2.05 bits per heavy atom. The highest BCUT2D eigenvalue weighted by molar-refractivity contribution is 9.10. The van der Waals surface area contributed by atoms with Crippen LogP contribution in [0.25, 0.3) is 0 Å². The maximum absolute atomic E-state index is 5.81. The lowest BCUT2D eigenvalue weighted by Crippen LogP contribution is -2.19. The van der Waals surface area contributed by atoms with Gasteiger partial charge >= 0.3 is 0 Å². The quantitative estimate of drug-likeness (QED) is 0.940. The summed E-state index contributed by atoms with van der Waals surface area (Å²) >= 11 is 3.48. The van der Waals surface area contributed by atoms with Gasteiger partial charge in [0.05, 0.1) is 12.2 Å². The van der Waals surface area contributed by atoms with Gasteiger partial charge in [0.1, 0.15) is 0 Å². The molecule has 0 spiro atoms. The molecule has 0 unspecified atom stereocenters. The van der Waals surface area contributed by atoms with E-state index in [0.29, 0.717) is 6.54 Å². The van der Waals surface area contributed by atoms with Crippen LogP contribution in [0.15, 0.2) is 40.9 Å². The van der Waals surface area contributed by atoms with Crippen LogP contribution in [0, 0.1) is 6.92 Å². The van der Waals surface area contributed by atoms with Crippen molar-refractivity contribution in [2.45, 2.75) is 20.0 Å². The molecule has 0 aliphatic rings. The van der Waals surface area contributed by atoms with Gasteiger partial charge in [-0.15, -0.1) is 0 Å². The number of benzene rings is 1. The number of nitrogens with two attached hydrogens (primary N) is 1. The van der Waals surface area contributed by atoms with Crippen molar-refractivity contribution in [1.29, 1.82) is 0 Å². The highest BCUT2D eigenvalue weighted by Crippen LogP contribution is 2.24. The van der Waals surface area contributed by atoms with E-state index in [2.05, 4.69) is 45.0 Å². The Hall–Kier alpha value is -1.39. The molecule has 2 aromatic rings. The fourth-order valence-electron chi connectivity index (χ4n) is 2.11. The van der Waals surface area contributed by atoms with E-state index in [1.807, 2.05) is 31.2 Å². The summed E-state index contributed by atoms with van der Waals surface area (Å²) in [7, 11) is 2.06. The molecule has 2 rings (SSSR count). The minimum Gasteiger partial charge on any atom is -0.368 e. The topological polar surface area (TPSA) is 42.1 Å². The number of halogens is 1. The van der Waals surface area contributed by atoms with E-state index in [0.717, 1.165) is 33.7 Å². The van der Waals surface area contributed by atoms with Gasteiger partial charge in [-0.25, -0.2) is 0 Å². The number of anilines is 1. The van der Waals surface area contributed by atoms with Gasteiger partial charge in [0, 0.05) is 29.4 Å². The van der Waals surface area contributed by atoms with E-state index < -0.39 is 0 Å². The van der Waals surface area contributed by atoms with Crippen LogP contribution in [-0.4, -0.2) is 12.0 Å². The fourth-order valence-corrected chi connectivity index (χ4v) is 2.51. The Morgan fingerprint density at radius 3 is 2.74 bits per heavy atom. The summed E-state index contributed by atoms with van der Waals surface area (Å²) in [6, 6.07) is 12.3. The van der Waals surface area contributed by atoms with Crippen LogP contribution < -0.4 is 10.6 Å². The van der Waals surface area contributed by atoms with E-state index in [-0.39, 0.29) is 0 Å². The molecule has 4 heteroatoms. The number of hydrogen-bond donors (Lipinski definition) is 1. The van der Waals surface area contributed by atoms with Gasteiger partial charge in [-0.05, 0) is 42.8 Å². The standard InChI is InChI=1S/C15H18BrN3/c1-11-4-3-5-14(18-11)10-19(2)15-7-6-13(16)8-12(15)9-17/h3-8H,9-10,17H2,1-2H3. The van der Waals surface area contributed by atoms with Crippen LogP contribution in [-0.2, 0) is 13.1 Å². The molecule has 0 bridgehead atoms. The van der Waals surface area contributed by atoms with Crippen molar-refractivity contribution in [2.24, 2.45) is 5.73 Å². The largest absolute Gasteiger partial charge is 0.368 e. The van der Waals surface area contributed by atoms with Gasteiger partial charge in [0.25, 0.3) is 0 Å². The second-order valence-electron chi connectivity index (χ2n) is 4.60. The van der Waals surface area contributed by atoms with Crippen molar-refractivity contribution in [3.8, 4) is 0 Å².